The number of rotatable bonds is 2. The Labute approximate surface area is 118 Å². The van der Waals surface area contributed by atoms with Crippen LogP contribution in [0.3, 0.4) is 0 Å². The highest BCUT2D eigenvalue weighted by Gasteiger charge is 2.35. The van der Waals surface area contributed by atoms with Crippen LogP contribution in [0.25, 0.3) is 11.4 Å². The summed E-state index contributed by atoms with van der Waals surface area (Å²) in [5.74, 6) is 0.631. The van der Waals surface area contributed by atoms with Gasteiger partial charge in [0.05, 0.1) is 5.54 Å². The first-order valence-electron chi connectivity index (χ1n) is 6.12. The molecule has 19 heavy (non-hydrogen) atoms. The van der Waals surface area contributed by atoms with Crippen LogP contribution in [0.1, 0.15) is 25.7 Å². The van der Waals surface area contributed by atoms with Crippen LogP contribution in [0.5, 0.6) is 0 Å². The molecule has 2 heterocycles. The summed E-state index contributed by atoms with van der Waals surface area (Å²) in [7, 11) is 0. The summed E-state index contributed by atoms with van der Waals surface area (Å²) in [6.07, 6.45) is 2.04. The van der Waals surface area contributed by atoms with E-state index in [1.54, 1.807) is 6.07 Å². The summed E-state index contributed by atoms with van der Waals surface area (Å²) >= 11 is 3.26. The number of hydrogen-bond acceptors (Lipinski definition) is 4. The molecule has 1 aromatic carbocycles. The van der Waals surface area contributed by atoms with Crippen molar-refractivity contribution in [3.05, 3.63) is 34.4 Å². The molecular formula is C13H13BrFN3O. The van der Waals surface area contributed by atoms with Crippen LogP contribution < -0.4 is 5.32 Å². The molecule has 1 aliphatic heterocycles. The van der Waals surface area contributed by atoms with Crippen LogP contribution in [0.15, 0.2) is 27.2 Å². The Bertz CT molecular complexity index is 587. The summed E-state index contributed by atoms with van der Waals surface area (Å²) in [6.45, 7) is 2.98. The van der Waals surface area contributed by atoms with Crippen LogP contribution in [0, 0.1) is 5.82 Å². The van der Waals surface area contributed by atoms with Gasteiger partial charge in [0, 0.05) is 10.0 Å². The Morgan fingerprint density at radius 1 is 1.42 bits per heavy atom. The Morgan fingerprint density at radius 3 is 2.95 bits per heavy atom. The summed E-state index contributed by atoms with van der Waals surface area (Å²) < 4.78 is 19.3. The monoisotopic (exact) mass is 325 g/mol. The highest BCUT2D eigenvalue weighted by molar-refractivity contribution is 9.10. The summed E-state index contributed by atoms with van der Waals surface area (Å²) in [5, 5.41) is 7.30. The Morgan fingerprint density at radius 2 is 2.26 bits per heavy atom. The molecule has 4 nitrogen and oxygen atoms in total. The third-order valence-corrected chi connectivity index (χ3v) is 3.85. The molecule has 0 saturated carbocycles. The van der Waals surface area contributed by atoms with Crippen molar-refractivity contribution in [2.75, 3.05) is 6.54 Å². The minimum atomic E-state index is -0.332. The van der Waals surface area contributed by atoms with Crippen LogP contribution >= 0.6 is 15.9 Å². The molecule has 1 unspecified atom stereocenters. The lowest BCUT2D eigenvalue weighted by atomic mass is 10.0. The molecule has 1 N–H and O–H groups in total. The lowest BCUT2D eigenvalue weighted by Crippen LogP contribution is -2.33. The van der Waals surface area contributed by atoms with E-state index < -0.39 is 0 Å². The van der Waals surface area contributed by atoms with Gasteiger partial charge in [-0.3, -0.25) is 0 Å². The number of nitrogens with one attached hydrogen (secondary N) is 1. The van der Waals surface area contributed by atoms with Gasteiger partial charge in [-0.15, -0.1) is 0 Å². The lowest BCUT2D eigenvalue weighted by Gasteiger charge is -2.18. The zero-order valence-corrected chi connectivity index (χ0v) is 12.0. The van der Waals surface area contributed by atoms with Gasteiger partial charge in [-0.2, -0.15) is 4.98 Å². The van der Waals surface area contributed by atoms with Gasteiger partial charge in [0.25, 0.3) is 0 Å². The van der Waals surface area contributed by atoms with E-state index >= 15 is 0 Å². The average molecular weight is 326 g/mol. The first-order valence-corrected chi connectivity index (χ1v) is 6.92. The van der Waals surface area contributed by atoms with Crippen molar-refractivity contribution < 1.29 is 8.91 Å². The zero-order chi connectivity index (χ0) is 13.5. The molecule has 0 bridgehead atoms. The van der Waals surface area contributed by atoms with E-state index in [1.165, 1.54) is 12.1 Å². The minimum absolute atomic E-state index is 0.268. The topological polar surface area (TPSA) is 51.0 Å². The number of benzene rings is 1. The largest absolute Gasteiger partial charge is 0.337 e. The first-order chi connectivity index (χ1) is 9.07. The molecule has 100 valence electrons. The molecular weight excluding hydrogens is 313 g/mol. The highest BCUT2D eigenvalue weighted by atomic mass is 79.9. The predicted molar refractivity (Wildman–Crippen MR) is 72.0 cm³/mol. The molecule has 0 aliphatic carbocycles. The van der Waals surface area contributed by atoms with Crippen molar-refractivity contribution in [3.63, 3.8) is 0 Å². The van der Waals surface area contributed by atoms with E-state index in [1.807, 2.05) is 6.92 Å². The van der Waals surface area contributed by atoms with Gasteiger partial charge in [-0.1, -0.05) is 21.1 Å². The Hall–Kier alpha value is -1.27. The maximum atomic E-state index is 13.4. The van der Waals surface area contributed by atoms with Crippen molar-refractivity contribution in [2.45, 2.75) is 25.3 Å². The van der Waals surface area contributed by atoms with Crippen molar-refractivity contribution in [1.82, 2.24) is 15.5 Å². The molecule has 0 amide bonds. The molecule has 0 spiro atoms. The van der Waals surface area contributed by atoms with Crippen LogP contribution in [0.2, 0.25) is 0 Å². The lowest BCUT2D eigenvalue weighted by molar-refractivity contribution is 0.275. The number of hydrogen-bond donors (Lipinski definition) is 1. The molecule has 1 atom stereocenters. The zero-order valence-electron chi connectivity index (χ0n) is 10.4. The van der Waals surface area contributed by atoms with E-state index in [4.69, 9.17) is 4.52 Å². The van der Waals surface area contributed by atoms with Crippen LogP contribution in [-0.2, 0) is 5.54 Å². The van der Waals surface area contributed by atoms with Gasteiger partial charge in [-0.05, 0) is 44.5 Å². The van der Waals surface area contributed by atoms with Crippen molar-refractivity contribution >= 4 is 15.9 Å². The summed E-state index contributed by atoms with van der Waals surface area (Å²) in [6, 6.07) is 4.55. The van der Waals surface area contributed by atoms with Gasteiger partial charge in [0.2, 0.25) is 11.7 Å². The minimum Gasteiger partial charge on any atom is -0.337 e. The number of nitrogens with zero attached hydrogens (tertiary/aromatic N) is 2. The third-order valence-electron chi connectivity index (χ3n) is 3.39. The molecule has 1 saturated heterocycles. The van der Waals surface area contributed by atoms with Gasteiger partial charge in [-0.25, -0.2) is 4.39 Å². The van der Waals surface area contributed by atoms with E-state index in [-0.39, 0.29) is 11.4 Å². The predicted octanol–water partition coefficient (Wildman–Crippen LogP) is 3.24. The molecule has 6 heteroatoms. The quantitative estimate of drug-likeness (QED) is 0.920. The maximum Gasteiger partial charge on any atom is 0.246 e. The Kier molecular flexibility index (Phi) is 3.14. The maximum absolute atomic E-state index is 13.4. The average Bonchev–Trinajstić information content (AvgIpc) is 2.96. The fourth-order valence-electron chi connectivity index (χ4n) is 2.32. The van der Waals surface area contributed by atoms with Gasteiger partial charge >= 0.3 is 0 Å². The van der Waals surface area contributed by atoms with Crippen LogP contribution in [0.4, 0.5) is 4.39 Å². The molecule has 1 fully saturated rings. The summed E-state index contributed by atoms with van der Waals surface area (Å²) in [5.41, 5.74) is 0.332. The fourth-order valence-corrected chi connectivity index (χ4v) is 2.79. The normalized spacial score (nSPS) is 22.9. The molecule has 1 aromatic heterocycles. The second-order valence-electron chi connectivity index (χ2n) is 4.94. The number of aromatic nitrogens is 2. The Balaban J connectivity index is 1.96. The van der Waals surface area contributed by atoms with E-state index in [0.717, 1.165) is 19.4 Å². The van der Waals surface area contributed by atoms with Crippen LogP contribution in [-0.4, -0.2) is 16.7 Å². The SMILES string of the molecule is CC1(c2nc(-c3cc(F)cc(Br)c3)no2)CCCN1. The first kappa shape index (κ1) is 12.7. The van der Waals surface area contributed by atoms with Gasteiger partial charge < -0.3 is 9.84 Å². The second kappa shape index (κ2) is 4.68. The fraction of sp³-hybridized carbons (Fsp3) is 0.385. The van der Waals surface area contributed by atoms with E-state index in [0.29, 0.717) is 21.8 Å². The van der Waals surface area contributed by atoms with Crippen molar-refractivity contribution in [1.29, 1.82) is 0 Å². The van der Waals surface area contributed by atoms with Gasteiger partial charge in [0.15, 0.2) is 0 Å². The summed E-state index contributed by atoms with van der Waals surface area (Å²) in [4.78, 5) is 4.39. The van der Waals surface area contributed by atoms with E-state index in [9.17, 15) is 4.39 Å². The molecule has 1 aliphatic rings. The van der Waals surface area contributed by atoms with Crippen molar-refractivity contribution in [2.24, 2.45) is 0 Å². The van der Waals surface area contributed by atoms with Gasteiger partial charge in [0.1, 0.15) is 5.82 Å². The standard InChI is InChI=1S/C13H13BrFN3O/c1-13(3-2-4-16-13)12-17-11(18-19-12)8-5-9(14)7-10(15)6-8/h5-7,16H,2-4H2,1H3. The molecule has 0 radical (unpaired) electrons. The highest BCUT2D eigenvalue weighted by Crippen LogP contribution is 2.31. The molecule has 3 rings (SSSR count). The molecule has 2 aromatic rings. The third kappa shape index (κ3) is 2.42. The second-order valence-corrected chi connectivity index (χ2v) is 5.86. The number of halogens is 2. The van der Waals surface area contributed by atoms with Crippen molar-refractivity contribution in [3.8, 4) is 11.4 Å². The smallest absolute Gasteiger partial charge is 0.246 e. The van der Waals surface area contributed by atoms with E-state index in [2.05, 4.69) is 31.4 Å².